The van der Waals surface area contributed by atoms with E-state index in [2.05, 4.69) is 5.32 Å². The highest BCUT2D eigenvalue weighted by Crippen LogP contribution is 2.47. The molecule has 3 nitrogen and oxygen atoms in total. The molecular weight excluding hydrogens is 321 g/mol. The normalized spacial score (nSPS) is 19.7. The predicted molar refractivity (Wildman–Crippen MR) is 60.1 cm³/mol. The van der Waals surface area contributed by atoms with Gasteiger partial charge in [0.25, 0.3) is 5.78 Å². The molecule has 0 radical (unpaired) electrons. The molecule has 1 rings (SSSR count). The summed E-state index contributed by atoms with van der Waals surface area (Å²) >= 11 is 0. The molecule has 0 amide bonds. The summed E-state index contributed by atoms with van der Waals surface area (Å²) in [5.41, 5.74) is -1.72. The summed E-state index contributed by atoms with van der Waals surface area (Å²) in [6.07, 6.45) is -5.05. The molecule has 0 bridgehead atoms. The van der Waals surface area contributed by atoms with Crippen LogP contribution in [0.1, 0.15) is 25.7 Å². The summed E-state index contributed by atoms with van der Waals surface area (Å²) < 4.78 is 88.6. The second-order valence-corrected chi connectivity index (χ2v) is 4.68. The number of halogens is 7. The van der Waals surface area contributed by atoms with E-state index in [1.165, 1.54) is 0 Å². The van der Waals surface area contributed by atoms with Crippen molar-refractivity contribution in [3.8, 4) is 6.07 Å². The van der Waals surface area contributed by atoms with E-state index in [4.69, 9.17) is 5.26 Å². The lowest BCUT2D eigenvalue weighted by Crippen LogP contribution is -2.56. The number of carbonyl (C=O) groups excluding carboxylic acids is 1. The zero-order valence-corrected chi connectivity index (χ0v) is 11.0. The maximum absolute atomic E-state index is 13.4. The Bertz CT molecular complexity index is 507. The molecular formula is C12H11F7N2O. The van der Waals surface area contributed by atoms with Gasteiger partial charge in [0, 0.05) is 12.2 Å². The summed E-state index contributed by atoms with van der Waals surface area (Å²) in [5, 5.41) is 11.2. The molecule has 1 N–H and O–H groups in total. The molecule has 0 unspecified atom stereocenters. The Morgan fingerprint density at radius 3 is 2.14 bits per heavy atom. The Morgan fingerprint density at radius 1 is 1.05 bits per heavy atom. The van der Waals surface area contributed by atoms with Crippen LogP contribution in [0.4, 0.5) is 30.7 Å². The highest BCUT2D eigenvalue weighted by Gasteiger charge is 2.76. The quantitative estimate of drug-likeness (QED) is 0.490. The van der Waals surface area contributed by atoms with Gasteiger partial charge >= 0.3 is 18.0 Å². The lowest BCUT2D eigenvalue weighted by atomic mass is 9.97. The van der Waals surface area contributed by atoms with Gasteiger partial charge in [-0.15, -0.1) is 0 Å². The number of hydrogen-bond donors (Lipinski definition) is 1. The monoisotopic (exact) mass is 332 g/mol. The first-order valence-corrected chi connectivity index (χ1v) is 6.21. The molecule has 0 aromatic heterocycles. The Hall–Kier alpha value is -1.79. The van der Waals surface area contributed by atoms with E-state index in [1.54, 1.807) is 0 Å². The van der Waals surface area contributed by atoms with Gasteiger partial charge in [0.15, 0.2) is 0 Å². The minimum absolute atomic E-state index is 0.0533. The van der Waals surface area contributed by atoms with Crippen molar-refractivity contribution >= 4 is 5.78 Å². The number of hydrogen-bond acceptors (Lipinski definition) is 3. The summed E-state index contributed by atoms with van der Waals surface area (Å²) in [6, 6.07) is 1.02. The summed E-state index contributed by atoms with van der Waals surface area (Å²) in [6.45, 7) is 0.203. The number of nitrogens with one attached hydrogen (secondary N) is 1. The lowest BCUT2D eigenvalue weighted by molar-refractivity contribution is -0.342. The van der Waals surface area contributed by atoms with Crippen LogP contribution in [0.15, 0.2) is 11.3 Å². The first kappa shape index (κ1) is 18.3. The number of ketones is 1. The molecule has 124 valence electrons. The van der Waals surface area contributed by atoms with Crippen LogP contribution in [0.3, 0.4) is 0 Å². The fraction of sp³-hybridized carbons (Fsp3) is 0.667. The van der Waals surface area contributed by atoms with Crippen LogP contribution in [0, 0.1) is 11.3 Å². The molecule has 22 heavy (non-hydrogen) atoms. The van der Waals surface area contributed by atoms with Crippen LogP contribution in [0.25, 0.3) is 0 Å². The molecule has 0 spiro atoms. The maximum Gasteiger partial charge on any atom is 0.460 e. The molecule has 0 aromatic rings. The van der Waals surface area contributed by atoms with Gasteiger partial charge in [0.05, 0.1) is 0 Å². The SMILES string of the molecule is N#C/C(C(=O)C(F)(F)C(F)(F)C(F)(F)F)=C1\CCCCCN1. The third-order valence-electron chi connectivity index (χ3n) is 3.12. The molecule has 1 heterocycles. The number of rotatable bonds is 3. The Labute approximate surface area is 120 Å². The van der Waals surface area contributed by atoms with E-state index in [-0.39, 0.29) is 18.7 Å². The van der Waals surface area contributed by atoms with Crippen molar-refractivity contribution in [1.82, 2.24) is 5.32 Å². The standard InChI is InChI=1S/C12H11F7N2O/c13-10(14,11(15,16)12(17,18)19)9(22)7(6-20)8-4-2-1-3-5-21-8/h21H,1-5H2/b8-7-. The van der Waals surface area contributed by atoms with Gasteiger partial charge in [-0.1, -0.05) is 6.42 Å². The predicted octanol–water partition coefficient (Wildman–Crippen LogP) is 3.33. The molecule has 0 aromatic carbocycles. The molecule has 1 saturated heterocycles. The molecule has 10 heteroatoms. The molecule has 1 aliphatic heterocycles. The molecule has 0 aliphatic carbocycles. The molecule has 0 atom stereocenters. The van der Waals surface area contributed by atoms with E-state index in [0.717, 1.165) is 6.07 Å². The Balaban J connectivity index is 3.26. The van der Waals surface area contributed by atoms with E-state index in [1.807, 2.05) is 0 Å². The number of Topliss-reactive ketones (excluding diaryl/α,β-unsaturated/α-hetero) is 1. The minimum atomic E-state index is -6.62. The number of nitriles is 1. The van der Waals surface area contributed by atoms with Crippen molar-refractivity contribution in [2.45, 2.75) is 43.7 Å². The summed E-state index contributed by atoms with van der Waals surface area (Å²) in [5.74, 6) is -15.5. The van der Waals surface area contributed by atoms with Crippen LogP contribution < -0.4 is 5.32 Å². The van der Waals surface area contributed by atoms with Gasteiger partial charge in [-0.3, -0.25) is 4.79 Å². The van der Waals surface area contributed by atoms with Crippen LogP contribution in [0.5, 0.6) is 0 Å². The van der Waals surface area contributed by atoms with Crippen LogP contribution >= 0.6 is 0 Å². The van der Waals surface area contributed by atoms with E-state index >= 15 is 0 Å². The van der Waals surface area contributed by atoms with Gasteiger partial charge in [-0.25, -0.2) is 0 Å². The largest absolute Gasteiger partial charge is 0.460 e. The fourth-order valence-corrected chi connectivity index (χ4v) is 1.88. The highest BCUT2D eigenvalue weighted by molar-refractivity contribution is 6.05. The fourth-order valence-electron chi connectivity index (χ4n) is 1.88. The number of alkyl halides is 7. The highest BCUT2D eigenvalue weighted by atomic mass is 19.4. The zero-order valence-electron chi connectivity index (χ0n) is 11.0. The molecule has 1 fully saturated rings. The van der Waals surface area contributed by atoms with Crippen LogP contribution in [-0.2, 0) is 4.79 Å². The topological polar surface area (TPSA) is 52.9 Å². The molecule has 1 aliphatic rings. The third kappa shape index (κ3) is 3.18. The minimum Gasteiger partial charge on any atom is -0.387 e. The van der Waals surface area contributed by atoms with Crippen molar-refractivity contribution in [2.75, 3.05) is 6.54 Å². The summed E-state index contributed by atoms with van der Waals surface area (Å²) in [7, 11) is 0. The van der Waals surface area contributed by atoms with E-state index in [0.29, 0.717) is 19.3 Å². The zero-order chi connectivity index (χ0) is 17.2. The van der Waals surface area contributed by atoms with Crippen molar-refractivity contribution in [3.05, 3.63) is 11.3 Å². The molecule has 0 saturated carbocycles. The third-order valence-corrected chi connectivity index (χ3v) is 3.12. The van der Waals surface area contributed by atoms with Gasteiger partial charge in [0.1, 0.15) is 11.6 Å². The van der Waals surface area contributed by atoms with Crippen molar-refractivity contribution in [2.24, 2.45) is 0 Å². The van der Waals surface area contributed by atoms with Crippen molar-refractivity contribution in [3.63, 3.8) is 0 Å². The average Bonchev–Trinajstić information content (AvgIpc) is 2.67. The van der Waals surface area contributed by atoms with Crippen LogP contribution in [-0.4, -0.2) is 30.3 Å². The van der Waals surface area contributed by atoms with Gasteiger partial charge < -0.3 is 5.32 Å². The van der Waals surface area contributed by atoms with Crippen LogP contribution in [0.2, 0.25) is 0 Å². The Morgan fingerprint density at radius 2 is 1.64 bits per heavy atom. The van der Waals surface area contributed by atoms with Gasteiger partial charge in [0.2, 0.25) is 0 Å². The van der Waals surface area contributed by atoms with E-state index in [9.17, 15) is 35.5 Å². The summed E-state index contributed by atoms with van der Waals surface area (Å²) in [4.78, 5) is 11.5. The smallest absolute Gasteiger partial charge is 0.387 e. The van der Waals surface area contributed by atoms with Crippen molar-refractivity contribution in [1.29, 1.82) is 5.26 Å². The first-order chi connectivity index (χ1) is 9.96. The second kappa shape index (κ2) is 6.14. The second-order valence-electron chi connectivity index (χ2n) is 4.68. The van der Waals surface area contributed by atoms with Crippen molar-refractivity contribution < 1.29 is 35.5 Å². The van der Waals surface area contributed by atoms with Gasteiger partial charge in [-0.05, 0) is 19.3 Å². The lowest BCUT2D eigenvalue weighted by Gasteiger charge is -2.27. The van der Waals surface area contributed by atoms with Gasteiger partial charge in [-0.2, -0.15) is 36.0 Å². The number of allylic oxidation sites excluding steroid dienone is 2. The maximum atomic E-state index is 13.4. The van der Waals surface area contributed by atoms with E-state index < -0.39 is 29.4 Å². The first-order valence-electron chi connectivity index (χ1n) is 6.21. The Kier molecular flexibility index (Phi) is 5.10. The number of nitrogens with zero attached hydrogens (tertiary/aromatic N) is 1. The average molecular weight is 332 g/mol. The number of carbonyl (C=O) groups is 1.